The van der Waals surface area contributed by atoms with Gasteiger partial charge in [0.05, 0.1) is 22.5 Å². The van der Waals surface area contributed by atoms with Crippen LogP contribution >= 0.6 is 0 Å². The summed E-state index contributed by atoms with van der Waals surface area (Å²) in [5.74, 6) is -0.118. The summed E-state index contributed by atoms with van der Waals surface area (Å²) < 4.78 is 22.7. The summed E-state index contributed by atoms with van der Waals surface area (Å²) in [5, 5.41) is 2.75. The van der Waals surface area contributed by atoms with Crippen LogP contribution in [0.3, 0.4) is 0 Å². The molecule has 1 atom stereocenters. The van der Waals surface area contributed by atoms with E-state index < -0.39 is 9.84 Å². The van der Waals surface area contributed by atoms with Gasteiger partial charge >= 0.3 is 0 Å². The third-order valence-corrected chi connectivity index (χ3v) is 5.07. The van der Waals surface area contributed by atoms with E-state index in [0.717, 1.165) is 0 Å². The minimum atomic E-state index is -3.00. The molecule has 20 heavy (non-hydrogen) atoms. The molecule has 104 valence electrons. The highest BCUT2D eigenvalue weighted by molar-refractivity contribution is 7.91. The van der Waals surface area contributed by atoms with Gasteiger partial charge in [-0.2, -0.15) is 0 Å². The Hall–Kier alpha value is -2.02. The Morgan fingerprint density at radius 3 is 2.65 bits per heavy atom. The molecule has 0 unspecified atom stereocenters. The molecule has 1 aromatic heterocycles. The summed E-state index contributed by atoms with van der Waals surface area (Å²) in [6, 6.07) is 4.74. The number of rotatable bonds is 2. The second-order valence-electron chi connectivity index (χ2n) is 4.83. The maximum atomic E-state index is 12.1. The van der Waals surface area contributed by atoms with Crippen LogP contribution in [0.2, 0.25) is 0 Å². The van der Waals surface area contributed by atoms with E-state index in [4.69, 9.17) is 0 Å². The first-order chi connectivity index (χ1) is 9.53. The highest BCUT2D eigenvalue weighted by Crippen LogP contribution is 2.14. The summed E-state index contributed by atoms with van der Waals surface area (Å²) in [6.45, 7) is 0. The smallest absolute Gasteiger partial charge is 0.251 e. The molecule has 0 spiro atoms. The van der Waals surface area contributed by atoms with E-state index in [1.807, 2.05) is 0 Å². The lowest BCUT2D eigenvalue weighted by molar-refractivity contribution is 0.0941. The van der Waals surface area contributed by atoms with Crippen molar-refractivity contribution in [2.45, 2.75) is 12.5 Å². The first kappa shape index (κ1) is 13.0. The fourth-order valence-electron chi connectivity index (χ4n) is 2.28. The lowest BCUT2D eigenvalue weighted by atomic mass is 10.1. The summed E-state index contributed by atoms with van der Waals surface area (Å²) in [4.78, 5) is 20.4. The first-order valence-electron chi connectivity index (χ1n) is 6.25. The van der Waals surface area contributed by atoms with Gasteiger partial charge in [-0.25, -0.2) is 8.42 Å². The maximum absolute atomic E-state index is 12.1. The van der Waals surface area contributed by atoms with Gasteiger partial charge in [0.2, 0.25) is 0 Å². The van der Waals surface area contributed by atoms with E-state index >= 15 is 0 Å². The number of amides is 1. The first-order valence-corrected chi connectivity index (χ1v) is 8.08. The molecule has 1 aliphatic heterocycles. The molecule has 2 aromatic rings. The predicted octanol–water partition coefficient (Wildman–Crippen LogP) is 0.547. The van der Waals surface area contributed by atoms with Gasteiger partial charge in [-0.15, -0.1) is 0 Å². The van der Waals surface area contributed by atoms with Gasteiger partial charge in [0.25, 0.3) is 5.91 Å². The largest absolute Gasteiger partial charge is 0.348 e. The Balaban J connectivity index is 1.79. The van der Waals surface area contributed by atoms with E-state index in [0.29, 0.717) is 23.0 Å². The molecule has 1 aliphatic rings. The second kappa shape index (κ2) is 4.82. The number of nitrogens with zero attached hydrogens (tertiary/aromatic N) is 2. The van der Waals surface area contributed by atoms with Crippen molar-refractivity contribution in [3.63, 3.8) is 0 Å². The van der Waals surface area contributed by atoms with Crippen LogP contribution in [0.25, 0.3) is 11.0 Å². The fourth-order valence-corrected chi connectivity index (χ4v) is 3.96. The molecule has 1 fully saturated rings. The lowest BCUT2D eigenvalue weighted by Crippen LogP contribution is -2.35. The van der Waals surface area contributed by atoms with Crippen molar-refractivity contribution in [3.8, 4) is 0 Å². The summed E-state index contributed by atoms with van der Waals surface area (Å²) in [7, 11) is -3.00. The van der Waals surface area contributed by atoms with Gasteiger partial charge in [0.1, 0.15) is 0 Å². The zero-order valence-electron chi connectivity index (χ0n) is 10.6. The van der Waals surface area contributed by atoms with Crippen molar-refractivity contribution in [2.75, 3.05) is 11.5 Å². The maximum Gasteiger partial charge on any atom is 0.251 e. The van der Waals surface area contributed by atoms with Crippen molar-refractivity contribution in [1.29, 1.82) is 0 Å². The van der Waals surface area contributed by atoms with Crippen LogP contribution in [-0.2, 0) is 9.84 Å². The van der Waals surface area contributed by atoms with Gasteiger partial charge in [-0.05, 0) is 24.6 Å². The molecule has 1 N–H and O–H groups in total. The third-order valence-electron chi connectivity index (χ3n) is 3.30. The Kier molecular flexibility index (Phi) is 3.13. The van der Waals surface area contributed by atoms with E-state index in [1.165, 1.54) is 0 Å². The molecule has 0 saturated carbocycles. The molecule has 0 bridgehead atoms. The van der Waals surface area contributed by atoms with Crippen LogP contribution in [0.15, 0.2) is 30.6 Å². The predicted molar refractivity (Wildman–Crippen MR) is 74.1 cm³/mol. The third kappa shape index (κ3) is 2.62. The monoisotopic (exact) mass is 291 g/mol. The zero-order valence-corrected chi connectivity index (χ0v) is 11.4. The number of benzene rings is 1. The molecule has 6 nitrogen and oxygen atoms in total. The summed E-state index contributed by atoms with van der Waals surface area (Å²) in [6.07, 6.45) is 3.63. The average molecular weight is 291 g/mol. The number of sulfone groups is 1. The molecule has 7 heteroatoms. The van der Waals surface area contributed by atoms with E-state index in [9.17, 15) is 13.2 Å². The number of fused-ring (bicyclic) bond motifs is 1. The second-order valence-corrected chi connectivity index (χ2v) is 7.06. The number of hydrogen-bond acceptors (Lipinski definition) is 5. The lowest BCUT2D eigenvalue weighted by Gasteiger charge is -2.10. The van der Waals surface area contributed by atoms with Crippen molar-refractivity contribution in [3.05, 3.63) is 36.2 Å². The van der Waals surface area contributed by atoms with Gasteiger partial charge in [-0.3, -0.25) is 14.8 Å². The van der Waals surface area contributed by atoms with Crippen LogP contribution in [0.5, 0.6) is 0 Å². The number of carbonyl (C=O) groups is 1. The SMILES string of the molecule is O=C(N[C@@H]1CCS(=O)(=O)C1)c1ccc2nccnc2c1. The summed E-state index contributed by atoms with van der Waals surface area (Å²) in [5.41, 5.74) is 1.81. The Morgan fingerprint density at radius 2 is 1.95 bits per heavy atom. The number of nitrogens with one attached hydrogen (secondary N) is 1. The highest BCUT2D eigenvalue weighted by atomic mass is 32.2. The van der Waals surface area contributed by atoms with E-state index in [-0.39, 0.29) is 23.5 Å². The molecule has 0 radical (unpaired) electrons. The molecular formula is C13H13N3O3S. The molecule has 1 saturated heterocycles. The van der Waals surface area contributed by atoms with Crippen molar-refractivity contribution >= 4 is 26.8 Å². The normalized spacial score (nSPS) is 20.9. The summed E-state index contributed by atoms with van der Waals surface area (Å²) >= 11 is 0. The van der Waals surface area contributed by atoms with Gasteiger partial charge in [-0.1, -0.05) is 0 Å². The van der Waals surface area contributed by atoms with Crippen molar-refractivity contribution in [1.82, 2.24) is 15.3 Å². The molecule has 0 aliphatic carbocycles. The van der Waals surface area contributed by atoms with E-state index in [1.54, 1.807) is 30.6 Å². The highest BCUT2D eigenvalue weighted by Gasteiger charge is 2.29. The average Bonchev–Trinajstić information content (AvgIpc) is 2.77. The Bertz CT molecular complexity index is 773. The minimum absolute atomic E-state index is 0.0200. The van der Waals surface area contributed by atoms with E-state index in [2.05, 4.69) is 15.3 Å². The minimum Gasteiger partial charge on any atom is -0.348 e. The van der Waals surface area contributed by atoms with Crippen LogP contribution in [0, 0.1) is 0 Å². The topological polar surface area (TPSA) is 89.0 Å². The van der Waals surface area contributed by atoms with Crippen LogP contribution in [-0.4, -0.2) is 41.8 Å². The van der Waals surface area contributed by atoms with Crippen molar-refractivity contribution in [2.24, 2.45) is 0 Å². The molecule has 1 amide bonds. The molecule has 1 aromatic carbocycles. The van der Waals surface area contributed by atoms with Crippen molar-refractivity contribution < 1.29 is 13.2 Å². The van der Waals surface area contributed by atoms with Crippen LogP contribution < -0.4 is 5.32 Å². The van der Waals surface area contributed by atoms with Gasteiger partial charge in [0, 0.05) is 24.0 Å². The number of hydrogen-bond donors (Lipinski definition) is 1. The van der Waals surface area contributed by atoms with Gasteiger partial charge in [0.15, 0.2) is 9.84 Å². The Morgan fingerprint density at radius 1 is 1.20 bits per heavy atom. The molecule has 2 heterocycles. The number of aromatic nitrogens is 2. The zero-order chi connectivity index (χ0) is 14.2. The van der Waals surface area contributed by atoms with Gasteiger partial charge < -0.3 is 5.32 Å². The fraction of sp³-hybridized carbons (Fsp3) is 0.308. The quantitative estimate of drug-likeness (QED) is 0.872. The standard InChI is InChI=1S/C13H13N3O3S/c17-13(16-10-3-6-20(18,19)8-10)9-1-2-11-12(7-9)15-5-4-14-11/h1-2,4-5,7,10H,3,6,8H2,(H,16,17)/t10-/m1/s1. The van der Waals surface area contributed by atoms with Crippen LogP contribution in [0.4, 0.5) is 0 Å². The van der Waals surface area contributed by atoms with Crippen LogP contribution in [0.1, 0.15) is 16.8 Å². The molecular weight excluding hydrogens is 278 g/mol. The molecule has 3 rings (SSSR count). The number of carbonyl (C=O) groups excluding carboxylic acids is 1. The Labute approximate surface area is 116 Å².